The Morgan fingerprint density at radius 3 is 2.86 bits per heavy atom. The van der Waals surface area contributed by atoms with Gasteiger partial charge >= 0.3 is 0 Å². The molecule has 0 aliphatic carbocycles. The maximum atomic E-state index is 13.6. The minimum atomic E-state index is -0.248. The zero-order valence-corrected chi connectivity index (χ0v) is 16.2. The van der Waals surface area contributed by atoms with Crippen LogP contribution in [0.3, 0.4) is 0 Å². The molecule has 148 valence electrons. The molecule has 0 N–H and O–H groups in total. The summed E-state index contributed by atoms with van der Waals surface area (Å²) in [6, 6.07) is 14.7. The smallest absolute Gasteiger partial charge is 0.123 e. The van der Waals surface area contributed by atoms with Gasteiger partial charge in [-0.2, -0.15) is 0 Å². The van der Waals surface area contributed by atoms with Gasteiger partial charge in [-0.15, -0.1) is 5.10 Å². The molecule has 1 aromatic carbocycles. The summed E-state index contributed by atoms with van der Waals surface area (Å²) in [5, 5.41) is 8.85. The van der Waals surface area contributed by atoms with Crippen LogP contribution in [0.25, 0.3) is 16.6 Å². The summed E-state index contributed by atoms with van der Waals surface area (Å²) in [5.74, 6) is 0.725. The Labute approximate surface area is 168 Å². The lowest BCUT2D eigenvalue weighted by Gasteiger charge is -2.38. The van der Waals surface area contributed by atoms with E-state index in [0.29, 0.717) is 0 Å². The van der Waals surface area contributed by atoms with Crippen molar-refractivity contribution in [3.8, 4) is 11.1 Å². The number of nitrogens with zero attached hydrogens (tertiary/aromatic N) is 5. The number of aromatic nitrogens is 3. The first-order valence-electron chi connectivity index (χ1n) is 9.73. The van der Waals surface area contributed by atoms with Crippen LogP contribution in [0.1, 0.15) is 17.5 Å². The first-order chi connectivity index (χ1) is 14.2. The van der Waals surface area contributed by atoms with E-state index in [-0.39, 0.29) is 11.9 Å². The van der Waals surface area contributed by atoms with Gasteiger partial charge in [-0.05, 0) is 42.9 Å². The lowest BCUT2D eigenvalue weighted by molar-refractivity contribution is 0.0840. The van der Waals surface area contributed by atoms with Crippen molar-refractivity contribution in [1.29, 1.82) is 0 Å². The van der Waals surface area contributed by atoms with Crippen LogP contribution in [-0.2, 0) is 6.54 Å². The van der Waals surface area contributed by atoms with Crippen LogP contribution in [0.15, 0.2) is 65.4 Å². The minimum absolute atomic E-state index is 0.149. The molecular weight excluding hydrogens is 369 g/mol. The highest BCUT2D eigenvalue weighted by Gasteiger charge is 2.29. The van der Waals surface area contributed by atoms with Gasteiger partial charge in [0, 0.05) is 31.4 Å². The normalized spacial score (nSPS) is 18.5. The predicted molar refractivity (Wildman–Crippen MR) is 108 cm³/mol. The number of rotatable bonds is 4. The second kappa shape index (κ2) is 7.42. The number of halogens is 1. The Hall–Kier alpha value is -3.03. The van der Waals surface area contributed by atoms with E-state index in [9.17, 15) is 4.39 Å². The number of furan rings is 1. The molecule has 1 aliphatic heterocycles. The molecule has 5 rings (SSSR count). The second-order valence-electron chi connectivity index (χ2n) is 7.54. The average molecular weight is 391 g/mol. The van der Waals surface area contributed by atoms with Gasteiger partial charge in [0.2, 0.25) is 0 Å². The molecule has 29 heavy (non-hydrogen) atoms. The van der Waals surface area contributed by atoms with E-state index in [1.807, 2.05) is 36.5 Å². The monoisotopic (exact) mass is 391 g/mol. The third-order valence-electron chi connectivity index (χ3n) is 5.61. The van der Waals surface area contributed by atoms with Gasteiger partial charge in [0.15, 0.2) is 0 Å². The van der Waals surface area contributed by atoms with E-state index in [4.69, 9.17) is 4.42 Å². The molecule has 4 heterocycles. The highest BCUT2D eigenvalue weighted by atomic mass is 19.1. The molecule has 1 atom stereocenters. The first-order valence-corrected chi connectivity index (χ1v) is 9.73. The molecule has 4 aromatic rings. The van der Waals surface area contributed by atoms with Crippen LogP contribution in [-0.4, -0.2) is 51.3 Å². The van der Waals surface area contributed by atoms with E-state index >= 15 is 0 Å². The third kappa shape index (κ3) is 3.54. The first kappa shape index (κ1) is 18.0. The molecule has 1 aliphatic rings. The van der Waals surface area contributed by atoms with Crippen molar-refractivity contribution in [2.45, 2.75) is 12.6 Å². The van der Waals surface area contributed by atoms with Crippen LogP contribution >= 0.6 is 0 Å². The summed E-state index contributed by atoms with van der Waals surface area (Å²) in [5.41, 5.74) is 3.66. The number of benzene rings is 1. The topological polar surface area (TPSA) is 49.8 Å². The van der Waals surface area contributed by atoms with Crippen LogP contribution in [0, 0.1) is 5.82 Å². The maximum Gasteiger partial charge on any atom is 0.123 e. The number of piperazine rings is 1. The minimum Gasteiger partial charge on any atom is -0.468 e. The Kier molecular flexibility index (Phi) is 4.61. The predicted octanol–water partition coefficient (Wildman–Crippen LogP) is 3.62. The van der Waals surface area contributed by atoms with Crippen molar-refractivity contribution >= 4 is 5.52 Å². The standard InChI is InChI=1S/C22H22FN5O/c1-26-9-10-27(14-19-6-3-11-29-19)15-21(26)22-20-8-7-17(13-28(20)25-24-22)16-4-2-5-18(23)12-16/h2-8,11-13,21H,9-10,14-15H2,1H3/t21-/m1/s1. The van der Waals surface area contributed by atoms with Crippen molar-refractivity contribution in [2.24, 2.45) is 0 Å². The maximum absolute atomic E-state index is 13.6. The molecule has 0 amide bonds. The fraction of sp³-hybridized carbons (Fsp3) is 0.273. The molecule has 1 saturated heterocycles. The molecule has 3 aromatic heterocycles. The van der Waals surface area contributed by atoms with Gasteiger partial charge in [-0.3, -0.25) is 9.80 Å². The van der Waals surface area contributed by atoms with Gasteiger partial charge in [0.05, 0.1) is 24.4 Å². The van der Waals surface area contributed by atoms with Crippen LogP contribution < -0.4 is 0 Å². The van der Waals surface area contributed by atoms with Gasteiger partial charge in [0.1, 0.15) is 17.3 Å². The fourth-order valence-corrected chi connectivity index (χ4v) is 3.98. The molecule has 0 spiro atoms. The van der Waals surface area contributed by atoms with E-state index in [2.05, 4.69) is 27.2 Å². The second-order valence-corrected chi connectivity index (χ2v) is 7.54. The van der Waals surface area contributed by atoms with Gasteiger partial charge < -0.3 is 4.42 Å². The van der Waals surface area contributed by atoms with Crippen LogP contribution in [0.4, 0.5) is 4.39 Å². The zero-order chi connectivity index (χ0) is 19.8. The molecule has 0 saturated carbocycles. The van der Waals surface area contributed by atoms with Crippen molar-refractivity contribution in [3.63, 3.8) is 0 Å². The van der Waals surface area contributed by atoms with Crippen LogP contribution in [0.5, 0.6) is 0 Å². The quantitative estimate of drug-likeness (QED) is 0.532. The number of pyridine rings is 1. The Morgan fingerprint density at radius 2 is 2.03 bits per heavy atom. The largest absolute Gasteiger partial charge is 0.468 e. The van der Waals surface area contributed by atoms with Crippen molar-refractivity contribution in [3.05, 3.63) is 78.3 Å². The van der Waals surface area contributed by atoms with Gasteiger partial charge in [-0.1, -0.05) is 23.4 Å². The van der Waals surface area contributed by atoms with E-state index in [1.165, 1.54) is 12.1 Å². The lowest BCUT2D eigenvalue weighted by Crippen LogP contribution is -2.46. The number of fused-ring (bicyclic) bond motifs is 1. The van der Waals surface area contributed by atoms with E-state index in [1.54, 1.807) is 16.8 Å². The van der Waals surface area contributed by atoms with Crippen molar-refractivity contribution in [1.82, 2.24) is 24.6 Å². The molecule has 0 unspecified atom stereocenters. The molecule has 7 heteroatoms. The van der Waals surface area contributed by atoms with E-state index < -0.39 is 0 Å². The summed E-state index contributed by atoms with van der Waals surface area (Å²) in [6.07, 6.45) is 3.62. The molecular formula is C22H22FN5O. The summed E-state index contributed by atoms with van der Waals surface area (Å²) in [6.45, 7) is 3.58. The third-order valence-corrected chi connectivity index (χ3v) is 5.61. The summed E-state index contributed by atoms with van der Waals surface area (Å²) >= 11 is 0. The highest BCUT2D eigenvalue weighted by molar-refractivity contribution is 5.66. The Bertz CT molecular complexity index is 1120. The van der Waals surface area contributed by atoms with Gasteiger partial charge in [0.25, 0.3) is 0 Å². The summed E-state index contributed by atoms with van der Waals surface area (Å²) in [4.78, 5) is 4.71. The van der Waals surface area contributed by atoms with Crippen LogP contribution in [0.2, 0.25) is 0 Å². The zero-order valence-electron chi connectivity index (χ0n) is 16.2. The highest BCUT2D eigenvalue weighted by Crippen LogP contribution is 2.28. The number of hydrogen-bond donors (Lipinski definition) is 0. The number of likely N-dealkylation sites (N-methyl/N-ethyl adjacent to an activating group) is 1. The molecule has 0 bridgehead atoms. The SMILES string of the molecule is CN1CCN(Cc2ccco2)C[C@@H]1c1nnn2cc(-c3cccc(F)c3)ccc12. The van der Waals surface area contributed by atoms with Gasteiger partial charge in [-0.25, -0.2) is 8.91 Å². The van der Waals surface area contributed by atoms with Crippen molar-refractivity contribution in [2.75, 3.05) is 26.7 Å². The summed E-state index contributed by atoms with van der Waals surface area (Å²) in [7, 11) is 2.13. The molecule has 1 fully saturated rings. The average Bonchev–Trinajstić information content (AvgIpc) is 3.39. The number of hydrogen-bond acceptors (Lipinski definition) is 5. The van der Waals surface area contributed by atoms with E-state index in [0.717, 1.165) is 54.3 Å². The summed E-state index contributed by atoms with van der Waals surface area (Å²) < 4.78 is 20.9. The molecule has 6 nitrogen and oxygen atoms in total. The van der Waals surface area contributed by atoms with Crippen molar-refractivity contribution < 1.29 is 8.81 Å². The Morgan fingerprint density at radius 1 is 1.10 bits per heavy atom. The fourth-order valence-electron chi connectivity index (χ4n) is 3.98. The lowest BCUT2D eigenvalue weighted by atomic mass is 10.1. The Balaban J connectivity index is 1.43. The molecule has 0 radical (unpaired) electrons.